The first-order chi connectivity index (χ1) is 23.3. The number of esters is 1. The lowest BCUT2D eigenvalue weighted by Crippen LogP contribution is -2.40. The van der Waals surface area contributed by atoms with Gasteiger partial charge in [0.2, 0.25) is 5.75 Å². The van der Waals surface area contributed by atoms with Gasteiger partial charge in [-0.1, -0.05) is 46.7 Å². The Morgan fingerprint density at radius 2 is 1.92 bits per heavy atom. The molecule has 1 atom stereocenters. The maximum absolute atomic E-state index is 14.1. The van der Waals surface area contributed by atoms with Gasteiger partial charge in [0.1, 0.15) is 6.61 Å². The third-order valence-electron chi connectivity index (χ3n) is 7.31. The number of methoxy groups -OCH3 is 1. The van der Waals surface area contributed by atoms with Gasteiger partial charge < -0.3 is 18.9 Å². The summed E-state index contributed by atoms with van der Waals surface area (Å²) in [6.45, 7) is 7.23. The van der Waals surface area contributed by atoms with Crippen molar-refractivity contribution in [3.05, 3.63) is 121 Å². The van der Waals surface area contributed by atoms with Gasteiger partial charge in [0.25, 0.3) is 5.56 Å². The molecule has 0 radical (unpaired) electrons. The van der Waals surface area contributed by atoms with Crippen LogP contribution in [0, 0.1) is 10.1 Å². The zero-order valence-corrected chi connectivity index (χ0v) is 30.8. The third-order valence-corrected chi connectivity index (χ3v) is 9.47. The summed E-state index contributed by atoms with van der Waals surface area (Å²) in [5, 5.41) is 13.0. The normalized spacial score (nSPS) is 14.4. The van der Waals surface area contributed by atoms with Crippen LogP contribution >= 0.6 is 50.5 Å². The van der Waals surface area contributed by atoms with E-state index in [4.69, 9.17) is 42.1 Å². The molecule has 0 amide bonds. The highest BCUT2D eigenvalue weighted by atomic mass is 79.9. The van der Waals surface area contributed by atoms with E-state index < -0.39 is 22.5 Å². The molecule has 0 saturated carbocycles. The first-order valence-electron chi connectivity index (χ1n) is 14.9. The van der Waals surface area contributed by atoms with E-state index in [2.05, 4.69) is 20.9 Å². The molecule has 49 heavy (non-hydrogen) atoms. The Hall–Kier alpha value is -4.17. The predicted molar refractivity (Wildman–Crippen MR) is 191 cm³/mol. The summed E-state index contributed by atoms with van der Waals surface area (Å²) < 4.78 is 24.6. The topological polar surface area (TPSA) is 131 Å². The second kappa shape index (κ2) is 15.2. The first-order valence-corrected chi connectivity index (χ1v) is 17.3. The van der Waals surface area contributed by atoms with Crippen molar-refractivity contribution in [1.29, 1.82) is 0 Å². The van der Waals surface area contributed by atoms with Crippen LogP contribution in [-0.2, 0) is 16.1 Å². The highest BCUT2D eigenvalue weighted by Crippen LogP contribution is 2.39. The van der Waals surface area contributed by atoms with E-state index in [-0.39, 0.29) is 40.9 Å². The Morgan fingerprint density at radius 1 is 1.16 bits per heavy atom. The van der Waals surface area contributed by atoms with E-state index in [1.165, 1.54) is 23.8 Å². The molecule has 4 aromatic rings. The van der Waals surface area contributed by atoms with Crippen molar-refractivity contribution in [1.82, 2.24) is 4.57 Å². The van der Waals surface area contributed by atoms with Gasteiger partial charge in [-0.05, 0) is 91.2 Å². The number of ether oxygens (including phenoxy) is 4. The molecule has 0 saturated heterocycles. The molecule has 1 aliphatic heterocycles. The van der Waals surface area contributed by atoms with Crippen LogP contribution in [-0.4, -0.2) is 35.3 Å². The van der Waals surface area contributed by atoms with Gasteiger partial charge in [-0.15, -0.1) is 0 Å². The number of benzene rings is 3. The van der Waals surface area contributed by atoms with Gasteiger partial charge >= 0.3 is 11.7 Å². The molecule has 0 fully saturated rings. The molecule has 15 heteroatoms. The fraction of sp³-hybridized carbons (Fsp3) is 0.265. The van der Waals surface area contributed by atoms with Crippen molar-refractivity contribution in [2.45, 2.75) is 46.4 Å². The Bertz CT molecular complexity index is 2180. The van der Waals surface area contributed by atoms with Crippen molar-refractivity contribution in [3.8, 4) is 17.2 Å². The van der Waals surface area contributed by atoms with Crippen molar-refractivity contribution in [2.24, 2.45) is 4.99 Å². The molecule has 1 aliphatic rings. The SMILES string of the molecule is CCOC(=O)C1=C(C)N=c2s/c(=C/c3cc(Br)c(OCc4ccc(Cl)cc4Cl)c([N+](=O)[O-])c3)c(=O)n2[C@H]1c1ccc(OC(C)C)c(OC)c1. The fourth-order valence-corrected chi connectivity index (χ4v) is 7.31. The molecule has 256 valence electrons. The molecule has 1 aromatic heterocycles. The number of thiazole rings is 1. The number of hydrogen-bond acceptors (Lipinski definition) is 10. The van der Waals surface area contributed by atoms with Crippen LogP contribution in [0.3, 0.4) is 0 Å². The Kier molecular flexibility index (Phi) is 11.2. The number of carbonyl (C=O) groups excluding carboxylic acids is 1. The Balaban J connectivity index is 1.61. The van der Waals surface area contributed by atoms with E-state index in [0.717, 1.165) is 11.3 Å². The smallest absolute Gasteiger partial charge is 0.338 e. The molecule has 5 rings (SSSR count). The number of nitro groups is 1. The van der Waals surface area contributed by atoms with Gasteiger partial charge in [0.05, 0.1) is 51.1 Å². The first kappa shape index (κ1) is 36.1. The second-order valence-electron chi connectivity index (χ2n) is 11.0. The molecule has 0 spiro atoms. The van der Waals surface area contributed by atoms with Gasteiger partial charge in [0, 0.05) is 21.7 Å². The lowest BCUT2D eigenvalue weighted by atomic mass is 9.95. The monoisotopic (exact) mass is 789 g/mol. The minimum atomic E-state index is -0.906. The number of aromatic nitrogens is 1. The molecular weight excluding hydrogens is 761 g/mol. The van der Waals surface area contributed by atoms with Crippen LogP contribution in [0.1, 0.15) is 50.4 Å². The maximum atomic E-state index is 14.1. The quantitative estimate of drug-likeness (QED) is 0.0890. The lowest BCUT2D eigenvalue weighted by molar-refractivity contribution is -0.386. The number of hydrogen-bond donors (Lipinski definition) is 0. The molecule has 0 unspecified atom stereocenters. The second-order valence-corrected chi connectivity index (χ2v) is 13.7. The number of allylic oxidation sites excluding steroid dienone is 1. The third kappa shape index (κ3) is 7.70. The number of carbonyl (C=O) groups is 1. The molecule has 2 heterocycles. The van der Waals surface area contributed by atoms with Crippen molar-refractivity contribution < 1.29 is 28.7 Å². The lowest BCUT2D eigenvalue weighted by Gasteiger charge is -2.25. The summed E-state index contributed by atoms with van der Waals surface area (Å²) in [4.78, 5) is 44.0. The fourth-order valence-electron chi connectivity index (χ4n) is 5.21. The standard InChI is InChI=1S/C34H30BrCl2N3O8S/c1-6-46-33(42)29-18(4)38-34-39(30(29)20-8-10-26(48-17(2)3)27(14-20)45-5)32(41)28(49-34)13-19-11-23(35)31(25(12-19)40(43)44)47-16-21-7-9-22(36)15-24(21)37/h7-15,17,30H,6,16H2,1-5H3/b28-13+/t30-/m0/s1. The van der Waals surface area contributed by atoms with E-state index in [1.54, 1.807) is 56.3 Å². The number of fused-ring (bicyclic) bond motifs is 1. The molecule has 3 aromatic carbocycles. The molecule has 0 aliphatic carbocycles. The minimum Gasteiger partial charge on any atom is -0.493 e. The van der Waals surface area contributed by atoms with Crippen LogP contribution in [0.4, 0.5) is 5.69 Å². The van der Waals surface area contributed by atoms with Crippen molar-refractivity contribution in [3.63, 3.8) is 0 Å². The predicted octanol–water partition coefficient (Wildman–Crippen LogP) is 7.15. The van der Waals surface area contributed by atoms with E-state index in [0.29, 0.717) is 53.2 Å². The van der Waals surface area contributed by atoms with Crippen molar-refractivity contribution >= 4 is 68.2 Å². The van der Waals surface area contributed by atoms with Crippen LogP contribution in [0.15, 0.2) is 74.1 Å². The minimum absolute atomic E-state index is 0.0110. The van der Waals surface area contributed by atoms with Gasteiger partial charge in [-0.25, -0.2) is 9.79 Å². The highest BCUT2D eigenvalue weighted by molar-refractivity contribution is 9.10. The maximum Gasteiger partial charge on any atom is 0.338 e. The number of rotatable bonds is 11. The number of nitro benzene ring substituents is 1. The molecule has 0 N–H and O–H groups in total. The average molecular weight is 792 g/mol. The summed E-state index contributed by atoms with van der Waals surface area (Å²) >= 11 is 16.7. The van der Waals surface area contributed by atoms with Crippen LogP contribution in [0.25, 0.3) is 6.08 Å². The zero-order chi connectivity index (χ0) is 35.6. The molecule has 0 bridgehead atoms. The number of halogens is 3. The van der Waals surface area contributed by atoms with Gasteiger partial charge in [-0.3, -0.25) is 19.5 Å². The van der Waals surface area contributed by atoms with Gasteiger partial charge in [0.15, 0.2) is 16.3 Å². The summed E-state index contributed by atoms with van der Waals surface area (Å²) in [7, 11) is 1.51. The van der Waals surface area contributed by atoms with E-state index >= 15 is 0 Å². The van der Waals surface area contributed by atoms with Crippen LogP contribution in [0.5, 0.6) is 17.2 Å². The summed E-state index contributed by atoms with van der Waals surface area (Å²) in [5.74, 6) is 0.301. The average Bonchev–Trinajstić information content (AvgIpc) is 3.33. The summed E-state index contributed by atoms with van der Waals surface area (Å²) in [6.07, 6.45) is 1.41. The van der Waals surface area contributed by atoms with Gasteiger partial charge in [-0.2, -0.15) is 0 Å². The zero-order valence-electron chi connectivity index (χ0n) is 26.9. The Labute approximate surface area is 303 Å². The number of nitrogens with zero attached hydrogens (tertiary/aromatic N) is 3. The summed E-state index contributed by atoms with van der Waals surface area (Å²) in [5.41, 5.74) is 1.31. The summed E-state index contributed by atoms with van der Waals surface area (Å²) in [6, 6.07) is 12.1. The van der Waals surface area contributed by atoms with Crippen LogP contribution < -0.4 is 29.1 Å². The molecule has 11 nitrogen and oxygen atoms in total. The largest absolute Gasteiger partial charge is 0.493 e. The van der Waals surface area contributed by atoms with Crippen molar-refractivity contribution in [2.75, 3.05) is 13.7 Å². The Morgan fingerprint density at radius 3 is 2.57 bits per heavy atom. The van der Waals surface area contributed by atoms with Crippen LogP contribution in [0.2, 0.25) is 10.0 Å². The highest BCUT2D eigenvalue weighted by Gasteiger charge is 2.34. The van der Waals surface area contributed by atoms with E-state index in [9.17, 15) is 19.7 Å². The molecular formula is C34H30BrCl2N3O8S. The van der Waals surface area contributed by atoms with E-state index in [1.807, 2.05) is 13.8 Å².